The summed E-state index contributed by atoms with van der Waals surface area (Å²) in [4.78, 5) is 23.6. The van der Waals surface area contributed by atoms with Crippen LogP contribution in [0.4, 0.5) is 0 Å². The van der Waals surface area contributed by atoms with Crippen molar-refractivity contribution >= 4 is 11.8 Å². The first-order valence-electron chi connectivity index (χ1n) is 7.94. The maximum atomic E-state index is 11.9. The van der Waals surface area contributed by atoms with E-state index in [0.717, 1.165) is 0 Å². The van der Waals surface area contributed by atoms with Gasteiger partial charge in [-0.3, -0.25) is 9.59 Å². The highest BCUT2D eigenvalue weighted by Crippen LogP contribution is 2.11. The Kier molecular flexibility index (Phi) is 7.01. The molecule has 2 aromatic carbocycles. The average molecular weight is 353 g/mol. The molecular weight excluding hydrogens is 334 g/mol. The smallest absolute Gasteiger partial charge is 0.258 e. The fourth-order valence-electron chi connectivity index (χ4n) is 2.05. The van der Waals surface area contributed by atoms with Crippen molar-refractivity contribution in [2.75, 3.05) is 26.8 Å². The fourth-order valence-corrected chi connectivity index (χ4v) is 2.05. The number of carbonyl (C=O) groups is 2. The topological polar surface area (TPSA) is 100 Å². The SMILES string of the molecule is COc1ccc(C(=O)NCCNC(=O)COc2ccc(C#N)cc2)cc1. The van der Waals surface area contributed by atoms with Gasteiger partial charge < -0.3 is 20.1 Å². The first kappa shape index (κ1) is 18.8. The van der Waals surface area contributed by atoms with E-state index in [1.165, 1.54) is 0 Å². The molecule has 0 spiro atoms. The van der Waals surface area contributed by atoms with E-state index in [0.29, 0.717) is 29.2 Å². The lowest BCUT2D eigenvalue weighted by Crippen LogP contribution is -2.36. The Bertz CT molecular complexity index is 780. The molecular formula is C19H19N3O4. The second-order valence-electron chi connectivity index (χ2n) is 5.26. The highest BCUT2D eigenvalue weighted by Gasteiger charge is 2.06. The van der Waals surface area contributed by atoms with Gasteiger partial charge in [-0.15, -0.1) is 0 Å². The van der Waals surface area contributed by atoms with E-state index < -0.39 is 0 Å². The number of benzene rings is 2. The molecule has 7 heteroatoms. The molecule has 0 radical (unpaired) electrons. The van der Waals surface area contributed by atoms with Gasteiger partial charge in [-0.05, 0) is 48.5 Å². The largest absolute Gasteiger partial charge is 0.497 e. The van der Waals surface area contributed by atoms with E-state index in [4.69, 9.17) is 14.7 Å². The zero-order valence-corrected chi connectivity index (χ0v) is 14.3. The number of hydrogen-bond acceptors (Lipinski definition) is 5. The monoisotopic (exact) mass is 353 g/mol. The predicted molar refractivity (Wildman–Crippen MR) is 95.0 cm³/mol. The van der Waals surface area contributed by atoms with Crippen molar-refractivity contribution in [3.8, 4) is 17.6 Å². The quantitative estimate of drug-likeness (QED) is 0.701. The van der Waals surface area contributed by atoms with Crippen molar-refractivity contribution in [2.24, 2.45) is 0 Å². The van der Waals surface area contributed by atoms with Crippen molar-refractivity contribution in [1.82, 2.24) is 10.6 Å². The highest BCUT2D eigenvalue weighted by molar-refractivity contribution is 5.94. The molecule has 2 N–H and O–H groups in total. The Morgan fingerprint density at radius 2 is 1.58 bits per heavy atom. The van der Waals surface area contributed by atoms with Crippen LogP contribution in [0.25, 0.3) is 0 Å². The van der Waals surface area contributed by atoms with E-state index in [2.05, 4.69) is 10.6 Å². The molecule has 7 nitrogen and oxygen atoms in total. The third-order valence-electron chi connectivity index (χ3n) is 3.44. The third kappa shape index (κ3) is 5.83. The van der Waals surface area contributed by atoms with Gasteiger partial charge in [-0.1, -0.05) is 0 Å². The Labute approximate surface area is 151 Å². The Hall–Kier alpha value is -3.53. The van der Waals surface area contributed by atoms with Crippen LogP contribution in [0.15, 0.2) is 48.5 Å². The van der Waals surface area contributed by atoms with Crippen LogP contribution in [0.3, 0.4) is 0 Å². The number of hydrogen-bond donors (Lipinski definition) is 2. The summed E-state index contributed by atoms with van der Waals surface area (Å²) in [7, 11) is 1.56. The summed E-state index contributed by atoms with van der Waals surface area (Å²) in [5.41, 5.74) is 1.04. The van der Waals surface area contributed by atoms with E-state index in [-0.39, 0.29) is 25.0 Å². The van der Waals surface area contributed by atoms with Crippen LogP contribution < -0.4 is 20.1 Å². The normalized spacial score (nSPS) is 9.69. The summed E-state index contributed by atoms with van der Waals surface area (Å²) in [6.45, 7) is 0.448. The average Bonchev–Trinajstić information content (AvgIpc) is 2.70. The van der Waals surface area contributed by atoms with E-state index in [1.54, 1.807) is 55.6 Å². The number of nitrogens with one attached hydrogen (secondary N) is 2. The lowest BCUT2D eigenvalue weighted by Gasteiger charge is -2.09. The van der Waals surface area contributed by atoms with E-state index in [9.17, 15) is 9.59 Å². The molecule has 0 saturated carbocycles. The molecule has 134 valence electrons. The number of rotatable bonds is 8. The molecule has 2 amide bonds. The molecule has 0 bridgehead atoms. The molecule has 0 atom stereocenters. The number of amides is 2. The molecule has 0 aliphatic heterocycles. The summed E-state index contributed by atoms with van der Waals surface area (Å²) in [5, 5.41) is 14.1. The van der Waals surface area contributed by atoms with Gasteiger partial charge in [0.2, 0.25) is 0 Å². The zero-order valence-electron chi connectivity index (χ0n) is 14.3. The van der Waals surface area contributed by atoms with E-state index >= 15 is 0 Å². The number of nitriles is 1. The van der Waals surface area contributed by atoms with Crippen molar-refractivity contribution in [2.45, 2.75) is 0 Å². The van der Waals surface area contributed by atoms with Crippen molar-refractivity contribution in [3.05, 3.63) is 59.7 Å². The number of methoxy groups -OCH3 is 1. The van der Waals surface area contributed by atoms with Crippen molar-refractivity contribution in [1.29, 1.82) is 5.26 Å². The minimum Gasteiger partial charge on any atom is -0.497 e. The molecule has 0 aliphatic rings. The summed E-state index contributed by atoms with van der Waals surface area (Å²) in [5.74, 6) is 0.659. The molecule has 0 fully saturated rings. The van der Waals surface area contributed by atoms with Gasteiger partial charge in [0.1, 0.15) is 11.5 Å². The van der Waals surface area contributed by atoms with Gasteiger partial charge in [-0.25, -0.2) is 0 Å². The second-order valence-corrected chi connectivity index (χ2v) is 5.26. The molecule has 2 aromatic rings. The van der Waals surface area contributed by atoms with Crippen LogP contribution in [0.1, 0.15) is 15.9 Å². The van der Waals surface area contributed by atoms with Crippen LogP contribution in [0.2, 0.25) is 0 Å². The van der Waals surface area contributed by atoms with Gasteiger partial charge in [0.15, 0.2) is 6.61 Å². The number of nitrogens with zero attached hydrogens (tertiary/aromatic N) is 1. The minimum absolute atomic E-state index is 0.141. The second kappa shape index (κ2) is 9.69. The summed E-state index contributed by atoms with van der Waals surface area (Å²) >= 11 is 0. The first-order valence-corrected chi connectivity index (χ1v) is 7.94. The van der Waals surface area contributed by atoms with Crippen LogP contribution in [0.5, 0.6) is 11.5 Å². The number of ether oxygens (including phenoxy) is 2. The molecule has 26 heavy (non-hydrogen) atoms. The Morgan fingerprint density at radius 3 is 2.19 bits per heavy atom. The highest BCUT2D eigenvalue weighted by atomic mass is 16.5. The summed E-state index contributed by atoms with van der Waals surface area (Å²) in [6.07, 6.45) is 0. The van der Waals surface area contributed by atoms with Crippen LogP contribution >= 0.6 is 0 Å². The predicted octanol–water partition coefficient (Wildman–Crippen LogP) is 1.49. The van der Waals surface area contributed by atoms with Crippen LogP contribution in [-0.2, 0) is 4.79 Å². The fraction of sp³-hybridized carbons (Fsp3) is 0.211. The van der Waals surface area contributed by atoms with Gasteiger partial charge in [-0.2, -0.15) is 5.26 Å². The Morgan fingerprint density at radius 1 is 0.962 bits per heavy atom. The van der Waals surface area contributed by atoms with Gasteiger partial charge >= 0.3 is 0 Å². The first-order chi connectivity index (χ1) is 12.6. The van der Waals surface area contributed by atoms with Crippen molar-refractivity contribution in [3.63, 3.8) is 0 Å². The van der Waals surface area contributed by atoms with E-state index in [1.807, 2.05) is 6.07 Å². The maximum Gasteiger partial charge on any atom is 0.258 e. The van der Waals surface area contributed by atoms with Gasteiger partial charge in [0.05, 0.1) is 18.7 Å². The molecule has 2 rings (SSSR count). The van der Waals surface area contributed by atoms with Crippen LogP contribution in [0, 0.1) is 11.3 Å². The van der Waals surface area contributed by atoms with Crippen LogP contribution in [-0.4, -0.2) is 38.6 Å². The van der Waals surface area contributed by atoms with Gasteiger partial charge in [0, 0.05) is 18.7 Å². The lowest BCUT2D eigenvalue weighted by atomic mass is 10.2. The molecule has 0 aromatic heterocycles. The minimum atomic E-state index is -0.298. The van der Waals surface area contributed by atoms with Crippen molar-refractivity contribution < 1.29 is 19.1 Å². The summed E-state index contributed by atoms with van der Waals surface area (Å²) in [6, 6.07) is 15.2. The third-order valence-corrected chi connectivity index (χ3v) is 3.44. The molecule has 0 saturated heterocycles. The maximum absolute atomic E-state index is 11.9. The standard InChI is InChI=1S/C19H19N3O4/c1-25-16-8-4-15(5-9-16)19(24)22-11-10-21-18(23)13-26-17-6-2-14(12-20)3-7-17/h2-9H,10-11,13H2,1H3,(H,21,23)(H,22,24). The van der Waals surface area contributed by atoms with Gasteiger partial charge in [0.25, 0.3) is 11.8 Å². The zero-order chi connectivity index (χ0) is 18.8. The lowest BCUT2D eigenvalue weighted by molar-refractivity contribution is -0.123. The molecule has 0 unspecified atom stereocenters. The molecule has 0 heterocycles. The number of carbonyl (C=O) groups excluding carboxylic acids is 2. The Balaban J connectivity index is 1.64. The molecule has 0 aliphatic carbocycles. The summed E-state index contributed by atoms with van der Waals surface area (Å²) < 4.78 is 10.4.